The summed E-state index contributed by atoms with van der Waals surface area (Å²) in [5, 5.41) is 2.80. The highest BCUT2D eigenvalue weighted by molar-refractivity contribution is 6.05. The van der Waals surface area contributed by atoms with Crippen LogP contribution in [-0.2, 0) is 9.53 Å². The van der Waals surface area contributed by atoms with Gasteiger partial charge in [0.2, 0.25) is 0 Å². The van der Waals surface area contributed by atoms with Gasteiger partial charge in [0.05, 0.1) is 12.2 Å². The molecule has 2 aromatic rings. The van der Waals surface area contributed by atoms with E-state index >= 15 is 0 Å². The SMILES string of the molecule is C[C@@H]1CN(C(=O)/C(=C\c2ccccc2)NC(=O)c2ccccc2)C[C@H](C)O1. The molecule has 1 fully saturated rings. The summed E-state index contributed by atoms with van der Waals surface area (Å²) in [5.41, 5.74) is 1.62. The Kier molecular flexibility index (Phi) is 6.04. The average molecular weight is 364 g/mol. The molecule has 2 atom stereocenters. The Morgan fingerprint density at radius 2 is 1.52 bits per heavy atom. The van der Waals surface area contributed by atoms with Crippen LogP contribution in [0.15, 0.2) is 66.4 Å². The van der Waals surface area contributed by atoms with Gasteiger partial charge in [0.25, 0.3) is 11.8 Å². The number of carbonyl (C=O) groups is 2. The highest BCUT2D eigenvalue weighted by atomic mass is 16.5. The largest absolute Gasteiger partial charge is 0.372 e. The molecule has 0 spiro atoms. The lowest BCUT2D eigenvalue weighted by Crippen LogP contribution is -2.50. The summed E-state index contributed by atoms with van der Waals surface area (Å²) in [6.07, 6.45) is 1.63. The van der Waals surface area contributed by atoms with Crippen LogP contribution in [0.5, 0.6) is 0 Å². The van der Waals surface area contributed by atoms with Crippen molar-refractivity contribution in [1.82, 2.24) is 10.2 Å². The van der Waals surface area contributed by atoms with Gasteiger partial charge in [-0.05, 0) is 37.6 Å². The molecule has 1 aliphatic heterocycles. The summed E-state index contributed by atoms with van der Waals surface area (Å²) < 4.78 is 5.71. The van der Waals surface area contributed by atoms with Crippen LogP contribution < -0.4 is 5.32 Å². The molecule has 0 radical (unpaired) electrons. The third-order valence-electron chi connectivity index (χ3n) is 4.33. The first kappa shape index (κ1) is 18.9. The van der Waals surface area contributed by atoms with E-state index in [0.29, 0.717) is 18.7 Å². The minimum Gasteiger partial charge on any atom is -0.372 e. The van der Waals surface area contributed by atoms with Gasteiger partial charge in [-0.15, -0.1) is 0 Å². The van der Waals surface area contributed by atoms with Crippen LogP contribution in [0.1, 0.15) is 29.8 Å². The van der Waals surface area contributed by atoms with Crippen molar-refractivity contribution < 1.29 is 14.3 Å². The molecule has 0 aliphatic carbocycles. The van der Waals surface area contributed by atoms with Crippen LogP contribution in [0.3, 0.4) is 0 Å². The maximum absolute atomic E-state index is 13.1. The van der Waals surface area contributed by atoms with Gasteiger partial charge >= 0.3 is 0 Å². The molecular formula is C22H24N2O3. The second-order valence-corrected chi connectivity index (χ2v) is 6.76. The lowest BCUT2D eigenvalue weighted by atomic mass is 10.1. The molecule has 27 heavy (non-hydrogen) atoms. The Morgan fingerprint density at radius 3 is 2.11 bits per heavy atom. The van der Waals surface area contributed by atoms with E-state index in [1.807, 2.05) is 50.2 Å². The molecule has 0 unspecified atom stereocenters. The number of hydrogen-bond donors (Lipinski definition) is 1. The summed E-state index contributed by atoms with van der Waals surface area (Å²) in [4.78, 5) is 27.5. The molecule has 5 nitrogen and oxygen atoms in total. The van der Waals surface area contributed by atoms with Crippen molar-refractivity contribution in [3.8, 4) is 0 Å². The molecule has 1 heterocycles. The number of carbonyl (C=O) groups excluding carboxylic acids is 2. The molecule has 1 aliphatic rings. The minimum atomic E-state index is -0.305. The molecule has 3 rings (SSSR count). The fourth-order valence-electron chi connectivity index (χ4n) is 3.17. The van der Waals surface area contributed by atoms with E-state index in [1.165, 1.54) is 0 Å². The van der Waals surface area contributed by atoms with Gasteiger partial charge in [-0.2, -0.15) is 0 Å². The Bertz CT molecular complexity index is 808. The van der Waals surface area contributed by atoms with Crippen molar-refractivity contribution in [1.29, 1.82) is 0 Å². The fraction of sp³-hybridized carbons (Fsp3) is 0.273. The van der Waals surface area contributed by atoms with E-state index in [-0.39, 0.29) is 29.7 Å². The molecular weight excluding hydrogens is 340 g/mol. The Labute approximate surface area is 159 Å². The predicted octanol–water partition coefficient (Wildman–Crippen LogP) is 3.09. The lowest BCUT2D eigenvalue weighted by Gasteiger charge is -2.35. The molecule has 1 N–H and O–H groups in total. The Morgan fingerprint density at radius 1 is 0.963 bits per heavy atom. The van der Waals surface area contributed by atoms with Crippen molar-refractivity contribution in [2.75, 3.05) is 13.1 Å². The topological polar surface area (TPSA) is 58.6 Å². The molecule has 0 bridgehead atoms. The second-order valence-electron chi connectivity index (χ2n) is 6.76. The van der Waals surface area contributed by atoms with Crippen LogP contribution >= 0.6 is 0 Å². The van der Waals surface area contributed by atoms with E-state index in [9.17, 15) is 9.59 Å². The van der Waals surface area contributed by atoms with Crippen LogP contribution in [0.4, 0.5) is 0 Å². The fourth-order valence-corrected chi connectivity index (χ4v) is 3.17. The molecule has 5 heteroatoms. The third-order valence-corrected chi connectivity index (χ3v) is 4.33. The van der Waals surface area contributed by atoms with E-state index < -0.39 is 0 Å². The quantitative estimate of drug-likeness (QED) is 0.848. The molecule has 140 valence electrons. The molecule has 2 amide bonds. The number of benzene rings is 2. The summed E-state index contributed by atoms with van der Waals surface area (Å²) in [6.45, 7) is 4.88. The van der Waals surface area contributed by atoms with E-state index in [0.717, 1.165) is 5.56 Å². The van der Waals surface area contributed by atoms with E-state index in [4.69, 9.17) is 4.74 Å². The van der Waals surface area contributed by atoms with Crippen molar-refractivity contribution in [3.63, 3.8) is 0 Å². The monoisotopic (exact) mass is 364 g/mol. The van der Waals surface area contributed by atoms with Gasteiger partial charge in [-0.1, -0.05) is 48.5 Å². The smallest absolute Gasteiger partial charge is 0.270 e. The number of hydrogen-bond acceptors (Lipinski definition) is 3. The molecule has 0 saturated carbocycles. The van der Waals surface area contributed by atoms with Gasteiger partial charge in [-0.25, -0.2) is 0 Å². The number of nitrogens with zero attached hydrogens (tertiary/aromatic N) is 1. The first-order valence-electron chi connectivity index (χ1n) is 9.11. The van der Waals surface area contributed by atoms with Crippen LogP contribution in [0.25, 0.3) is 6.08 Å². The van der Waals surface area contributed by atoms with Crippen molar-refractivity contribution >= 4 is 17.9 Å². The zero-order valence-electron chi connectivity index (χ0n) is 15.6. The maximum Gasteiger partial charge on any atom is 0.270 e. The van der Waals surface area contributed by atoms with Gasteiger partial charge in [0, 0.05) is 18.7 Å². The Hall–Kier alpha value is -2.92. The highest BCUT2D eigenvalue weighted by Gasteiger charge is 2.28. The number of amides is 2. The first-order valence-corrected chi connectivity index (χ1v) is 9.11. The lowest BCUT2D eigenvalue weighted by molar-refractivity contribution is -0.139. The zero-order valence-corrected chi connectivity index (χ0v) is 15.6. The number of ether oxygens (including phenoxy) is 1. The van der Waals surface area contributed by atoms with Crippen LogP contribution in [0, 0.1) is 0 Å². The molecule has 1 saturated heterocycles. The first-order chi connectivity index (χ1) is 13.0. The van der Waals surface area contributed by atoms with Crippen molar-refractivity contribution in [2.45, 2.75) is 26.1 Å². The van der Waals surface area contributed by atoms with Gasteiger partial charge < -0.3 is 15.0 Å². The number of nitrogens with one attached hydrogen (secondary N) is 1. The minimum absolute atomic E-state index is 0.0412. The third kappa shape index (κ3) is 5.05. The normalized spacial score (nSPS) is 20.2. The summed E-state index contributed by atoms with van der Waals surface area (Å²) >= 11 is 0. The summed E-state index contributed by atoms with van der Waals surface area (Å²) in [5.74, 6) is -0.509. The van der Waals surface area contributed by atoms with Crippen LogP contribution in [-0.4, -0.2) is 42.0 Å². The standard InChI is InChI=1S/C22H24N2O3/c1-16-14-24(15-17(2)27-16)22(26)20(13-18-9-5-3-6-10-18)23-21(25)19-11-7-4-8-12-19/h3-13,16-17H,14-15H2,1-2H3,(H,23,25)/b20-13+/t16-,17+. The number of rotatable bonds is 4. The van der Waals surface area contributed by atoms with Crippen molar-refractivity contribution in [3.05, 3.63) is 77.5 Å². The van der Waals surface area contributed by atoms with Gasteiger partial charge in [-0.3, -0.25) is 9.59 Å². The zero-order chi connectivity index (χ0) is 19.2. The Balaban J connectivity index is 1.87. The highest BCUT2D eigenvalue weighted by Crippen LogP contribution is 2.15. The predicted molar refractivity (Wildman–Crippen MR) is 105 cm³/mol. The van der Waals surface area contributed by atoms with Crippen LogP contribution in [0.2, 0.25) is 0 Å². The number of morpholine rings is 1. The van der Waals surface area contributed by atoms with Gasteiger partial charge in [0.15, 0.2) is 0 Å². The van der Waals surface area contributed by atoms with E-state index in [2.05, 4.69) is 5.32 Å². The average Bonchev–Trinajstić information content (AvgIpc) is 2.67. The van der Waals surface area contributed by atoms with Gasteiger partial charge in [0.1, 0.15) is 5.70 Å². The molecule has 2 aromatic carbocycles. The summed E-state index contributed by atoms with van der Waals surface area (Å²) in [6, 6.07) is 18.4. The molecule has 0 aromatic heterocycles. The van der Waals surface area contributed by atoms with Crippen molar-refractivity contribution in [2.24, 2.45) is 0 Å². The maximum atomic E-state index is 13.1. The second kappa shape index (κ2) is 8.64. The summed E-state index contributed by atoms with van der Waals surface area (Å²) in [7, 11) is 0. The van der Waals surface area contributed by atoms with E-state index in [1.54, 1.807) is 35.2 Å².